The highest BCUT2D eigenvalue weighted by molar-refractivity contribution is 7.87. The van der Waals surface area contributed by atoms with E-state index in [-0.39, 0.29) is 47.9 Å². The number of carbonyl (C=O) groups is 1. The maximum Gasteiger partial charge on any atom is 0.435 e. The van der Waals surface area contributed by atoms with E-state index in [1.165, 1.54) is 30.4 Å². The first-order valence-corrected chi connectivity index (χ1v) is 16.4. The van der Waals surface area contributed by atoms with Crippen molar-refractivity contribution in [1.29, 1.82) is 0 Å². The van der Waals surface area contributed by atoms with Gasteiger partial charge in [-0.15, -0.1) is 11.3 Å². The second kappa shape index (κ2) is 12.5. The molecule has 2 aliphatic rings. The van der Waals surface area contributed by atoms with Gasteiger partial charge in [0.2, 0.25) is 12.2 Å². The van der Waals surface area contributed by atoms with E-state index in [0.717, 1.165) is 21.3 Å². The highest BCUT2D eigenvalue weighted by Gasteiger charge is 2.35. The third-order valence-corrected chi connectivity index (χ3v) is 10.0. The zero-order valence-electron chi connectivity index (χ0n) is 24.1. The summed E-state index contributed by atoms with van der Waals surface area (Å²) in [7, 11) is -4.04. The van der Waals surface area contributed by atoms with E-state index >= 15 is 0 Å². The molecule has 4 aromatic rings. The van der Waals surface area contributed by atoms with Gasteiger partial charge in [0.25, 0.3) is 0 Å². The standard InChI is InChI=1S/C30H29F3N4O6S2/c1-19-14-26(30(31,32)33)35-37(19)15-27(38)36-12-10-20(11-13-36)28-34-24(18-44-28)29-41-16-21-6-5-9-25(23(21)17-42-29)43-45(39,40)22-7-3-2-4-8-22/h2-9,14,18,20,29H,10-13,15-17H2,1H3. The highest BCUT2D eigenvalue weighted by atomic mass is 32.2. The number of rotatable bonds is 7. The van der Waals surface area contributed by atoms with Crippen molar-refractivity contribution in [2.75, 3.05) is 13.1 Å². The average molecular weight is 663 g/mol. The van der Waals surface area contributed by atoms with Crippen molar-refractivity contribution in [1.82, 2.24) is 19.7 Å². The number of amides is 1. The van der Waals surface area contributed by atoms with E-state index in [0.29, 0.717) is 37.2 Å². The van der Waals surface area contributed by atoms with Crippen LogP contribution in [0.25, 0.3) is 0 Å². The molecule has 0 spiro atoms. The molecule has 4 heterocycles. The number of ether oxygens (including phenoxy) is 2. The van der Waals surface area contributed by atoms with Crippen LogP contribution < -0.4 is 4.18 Å². The molecule has 10 nitrogen and oxygen atoms in total. The van der Waals surface area contributed by atoms with Crippen LogP contribution in [0, 0.1) is 6.92 Å². The maximum atomic E-state index is 13.0. The van der Waals surface area contributed by atoms with Crippen molar-refractivity contribution in [2.45, 2.75) is 62.8 Å². The zero-order valence-corrected chi connectivity index (χ0v) is 25.7. The molecule has 0 aliphatic carbocycles. The van der Waals surface area contributed by atoms with Crippen LogP contribution in [0.2, 0.25) is 0 Å². The molecular formula is C30H29F3N4O6S2. The first-order chi connectivity index (χ1) is 21.5. The number of thiazole rings is 1. The quantitative estimate of drug-likeness (QED) is 0.236. The Morgan fingerprint density at radius 1 is 1.07 bits per heavy atom. The number of carbonyl (C=O) groups excluding carboxylic acids is 1. The molecule has 15 heteroatoms. The highest BCUT2D eigenvalue weighted by Crippen LogP contribution is 2.36. The molecule has 1 amide bonds. The van der Waals surface area contributed by atoms with Gasteiger partial charge in [-0.05, 0) is 49.6 Å². The van der Waals surface area contributed by atoms with Gasteiger partial charge in [0, 0.05) is 35.6 Å². The number of alkyl halides is 3. The Hall–Kier alpha value is -3.79. The molecule has 45 heavy (non-hydrogen) atoms. The molecule has 0 saturated carbocycles. The second-order valence-corrected chi connectivity index (χ2v) is 13.2. The number of aromatic nitrogens is 3. The molecule has 1 saturated heterocycles. The van der Waals surface area contributed by atoms with E-state index in [9.17, 15) is 26.4 Å². The summed E-state index contributed by atoms with van der Waals surface area (Å²) in [5.41, 5.74) is 1.17. The van der Waals surface area contributed by atoms with Crippen molar-refractivity contribution in [3.8, 4) is 5.75 Å². The summed E-state index contributed by atoms with van der Waals surface area (Å²) < 4.78 is 83.2. The van der Waals surface area contributed by atoms with Crippen LogP contribution in [0.15, 0.2) is 64.9 Å². The number of likely N-dealkylation sites (tertiary alicyclic amines) is 1. The fraction of sp³-hybridized carbons (Fsp3) is 0.367. The van der Waals surface area contributed by atoms with Gasteiger partial charge < -0.3 is 18.6 Å². The number of halogens is 3. The summed E-state index contributed by atoms with van der Waals surface area (Å²) >= 11 is 1.47. The molecule has 1 unspecified atom stereocenters. The number of hydrogen-bond donors (Lipinski definition) is 0. The van der Waals surface area contributed by atoms with Gasteiger partial charge >= 0.3 is 16.3 Å². The monoisotopic (exact) mass is 662 g/mol. The molecule has 0 bridgehead atoms. The smallest absolute Gasteiger partial charge is 0.379 e. The van der Waals surface area contributed by atoms with Crippen LogP contribution in [0.1, 0.15) is 58.3 Å². The summed E-state index contributed by atoms with van der Waals surface area (Å²) in [4.78, 5) is 19.3. The van der Waals surface area contributed by atoms with Crippen LogP contribution in [0.4, 0.5) is 13.2 Å². The summed E-state index contributed by atoms with van der Waals surface area (Å²) in [6.45, 7) is 2.35. The third kappa shape index (κ3) is 6.90. The Balaban J connectivity index is 1.06. The number of aryl methyl sites for hydroxylation is 1. The number of fused-ring (bicyclic) bond motifs is 1. The minimum atomic E-state index is -4.57. The van der Waals surface area contributed by atoms with E-state index in [1.807, 2.05) is 11.4 Å². The molecule has 238 valence electrons. The predicted octanol–water partition coefficient (Wildman–Crippen LogP) is 5.59. The topological polar surface area (TPSA) is 113 Å². The first kappa shape index (κ1) is 31.2. The van der Waals surface area contributed by atoms with Gasteiger partial charge in [0.05, 0.1) is 18.2 Å². The van der Waals surface area contributed by atoms with E-state index in [2.05, 4.69) is 5.10 Å². The van der Waals surface area contributed by atoms with Crippen LogP contribution in [0.3, 0.4) is 0 Å². The lowest BCUT2D eigenvalue weighted by Gasteiger charge is -2.31. The van der Waals surface area contributed by atoms with Gasteiger partial charge in [0.1, 0.15) is 22.9 Å². The Morgan fingerprint density at radius 2 is 1.80 bits per heavy atom. The van der Waals surface area contributed by atoms with Crippen LogP contribution in [-0.2, 0) is 50.3 Å². The van der Waals surface area contributed by atoms with E-state index in [1.54, 1.807) is 35.2 Å². The second-order valence-electron chi connectivity index (χ2n) is 10.8. The van der Waals surface area contributed by atoms with Gasteiger partial charge in [-0.25, -0.2) is 4.98 Å². The lowest BCUT2D eigenvalue weighted by molar-refractivity contribution is -0.155. The molecule has 2 aromatic carbocycles. The molecule has 2 aliphatic heterocycles. The molecule has 1 atom stereocenters. The Labute approximate surface area is 261 Å². The van der Waals surface area contributed by atoms with Gasteiger partial charge in [0.15, 0.2) is 5.69 Å². The average Bonchev–Trinajstić information content (AvgIpc) is 3.59. The summed E-state index contributed by atoms with van der Waals surface area (Å²) in [6, 6.07) is 13.9. The largest absolute Gasteiger partial charge is 0.435 e. The molecule has 0 N–H and O–H groups in total. The summed E-state index contributed by atoms with van der Waals surface area (Å²) in [5, 5.41) is 6.30. The fourth-order valence-corrected chi connectivity index (χ4v) is 7.27. The maximum absolute atomic E-state index is 13.0. The summed E-state index contributed by atoms with van der Waals surface area (Å²) in [5.74, 6) is -0.0143. The van der Waals surface area contributed by atoms with E-state index in [4.69, 9.17) is 18.6 Å². The first-order valence-electron chi connectivity index (χ1n) is 14.2. The predicted molar refractivity (Wildman–Crippen MR) is 156 cm³/mol. The number of hydrogen-bond acceptors (Lipinski definition) is 9. The Morgan fingerprint density at radius 3 is 2.51 bits per heavy atom. The molecular weight excluding hydrogens is 633 g/mol. The Bertz CT molecular complexity index is 1780. The van der Waals surface area contributed by atoms with Crippen molar-refractivity contribution < 1.29 is 40.0 Å². The van der Waals surface area contributed by atoms with Crippen LogP contribution >= 0.6 is 11.3 Å². The third-order valence-electron chi connectivity index (χ3n) is 7.77. The molecule has 0 radical (unpaired) electrons. The number of nitrogens with zero attached hydrogens (tertiary/aromatic N) is 4. The molecule has 1 fully saturated rings. The van der Waals surface area contributed by atoms with Crippen molar-refractivity contribution in [2.24, 2.45) is 0 Å². The van der Waals surface area contributed by atoms with Crippen molar-refractivity contribution in [3.05, 3.63) is 93.2 Å². The van der Waals surface area contributed by atoms with Gasteiger partial charge in [-0.1, -0.05) is 30.3 Å². The Kier molecular flexibility index (Phi) is 8.70. The normalized spacial score (nSPS) is 18.0. The zero-order chi connectivity index (χ0) is 31.8. The van der Waals surface area contributed by atoms with Crippen LogP contribution in [-0.4, -0.2) is 47.1 Å². The lowest BCUT2D eigenvalue weighted by atomic mass is 9.97. The van der Waals surface area contributed by atoms with Gasteiger partial charge in [-0.3, -0.25) is 9.48 Å². The van der Waals surface area contributed by atoms with Crippen molar-refractivity contribution in [3.63, 3.8) is 0 Å². The van der Waals surface area contributed by atoms with Gasteiger partial charge in [-0.2, -0.15) is 26.7 Å². The minimum absolute atomic E-state index is 0.0454. The number of benzene rings is 2. The summed E-state index contributed by atoms with van der Waals surface area (Å²) in [6.07, 6.45) is -4.04. The lowest BCUT2D eigenvalue weighted by Crippen LogP contribution is -2.40. The molecule has 6 rings (SSSR count). The number of piperidine rings is 1. The SMILES string of the molecule is Cc1cc(C(F)(F)F)nn1CC(=O)N1CCC(c2nc(C3OCc4cccc(OS(=O)(=O)c5ccccc5)c4CO3)cs2)CC1. The van der Waals surface area contributed by atoms with Crippen LogP contribution in [0.5, 0.6) is 5.75 Å². The van der Waals surface area contributed by atoms with Crippen molar-refractivity contribution >= 4 is 27.4 Å². The molecule has 2 aromatic heterocycles. The van der Waals surface area contributed by atoms with E-state index < -0.39 is 28.3 Å². The minimum Gasteiger partial charge on any atom is -0.379 e. The fourth-order valence-electron chi connectivity index (χ4n) is 5.29.